The Morgan fingerprint density at radius 3 is 2.93 bits per heavy atom. The maximum absolute atomic E-state index is 14.1. The van der Waals surface area contributed by atoms with Crippen LogP contribution >= 0.6 is 15.9 Å². The van der Waals surface area contributed by atoms with Gasteiger partial charge in [0.15, 0.2) is 5.82 Å². The number of anilines is 1. The van der Waals surface area contributed by atoms with Crippen molar-refractivity contribution in [2.75, 3.05) is 11.8 Å². The minimum Gasteiger partial charge on any atom is -0.481 e. The maximum atomic E-state index is 14.1. The van der Waals surface area contributed by atoms with Crippen LogP contribution in [0.15, 0.2) is 33.9 Å². The van der Waals surface area contributed by atoms with E-state index < -0.39 is 15.8 Å². The lowest BCUT2D eigenvalue weighted by molar-refractivity contribution is 0.392. The fourth-order valence-electron chi connectivity index (χ4n) is 2.49. The molecule has 3 aromatic rings. The molecule has 2 heterocycles. The van der Waals surface area contributed by atoms with Gasteiger partial charge in [0.2, 0.25) is 11.8 Å². The van der Waals surface area contributed by atoms with Crippen molar-refractivity contribution < 1.29 is 17.5 Å². The molecule has 3 rings (SSSR count). The number of nitriles is 1. The Hall–Kier alpha value is -2.71. The Balaban J connectivity index is 1.96. The van der Waals surface area contributed by atoms with Crippen molar-refractivity contribution in [1.29, 1.82) is 5.26 Å². The highest BCUT2D eigenvalue weighted by atomic mass is 79.9. The lowest BCUT2D eigenvalue weighted by atomic mass is 10.2. The highest BCUT2D eigenvalue weighted by Gasteiger charge is 2.23. The van der Waals surface area contributed by atoms with E-state index in [9.17, 15) is 12.8 Å². The number of aromatic nitrogens is 3. The number of aromatic amines is 1. The molecular weight excluding hydrogens is 441 g/mol. The first-order valence-corrected chi connectivity index (χ1v) is 9.89. The van der Waals surface area contributed by atoms with Crippen molar-refractivity contribution in [2.24, 2.45) is 0 Å². The van der Waals surface area contributed by atoms with Crippen LogP contribution in [0.25, 0.3) is 10.9 Å². The third kappa shape index (κ3) is 3.72. The Kier molecular flexibility index (Phi) is 5.29. The molecule has 0 amide bonds. The fraction of sp³-hybridized carbons (Fsp3) is 0.188. The molecule has 0 saturated carbocycles. The monoisotopic (exact) mass is 453 g/mol. The zero-order valence-corrected chi connectivity index (χ0v) is 16.4. The number of rotatable bonds is 6. The Bertz CT molecular complexity index is 1160. The van der Waals surface area contributed by atoms with Gasteiger partial charge in [0, 0.05) is 29.8 Å². The minimum atomic E-state index is -4.08. The summed E-state index contributed by atoms with van der Waals surface area (Å²) in [6, 6.07) is 4.92. The second-order valence-electron chi connectivity index (χ2n) is 5.43. The van der Waals surface area contributed by atoms with Crippen LogP contribution in [0.5, 0.6) is 5.88 Å². The van der Waals surface area contributed by atoms with Crippen molar-refractivity contribution >= 4 is 42.8 Å². The summed E-state index contributed by atoms with van der Waals surface area (Å²) in [6.07, 6.45) is 3.22. The van der Waals surface area contributed by atoms with Gasteiger partial charge < -0.3 is 9.72 Å². The van der Waals surface area contributed by atoms with Crippen molar-refractivity contribution in [3.8, 4) is 11.9 Å². The number of hydrogen-bond donors (Lipinski definition) is 2. The van der Waals surface area contributed by atoms with Crippen LogP contribution in [0.4, 0.5) is 10.3 Å². The molecular formula is C16H13BrFN5O3S. The summed E-state index contributed by atoms with van der Waals surface area (Å²) in [5.74, 6) is -0.611. The predicted octanol–water partition coefficient (Wildman–Crippen LogP) is 3.13. The van der Waals surface area contributed by atoms with Crippen LogP contribution in [0, 0.1) is 17.1 Å². The molecule has 0 aliphatic heterocycles. The third-order valence-corrected chi connectivity index (χ3v) is 5.73. The minimum absolute atomic E-state index is 0.0649. The van der Waals surface area contributed by atoms with E-state index in [0.29, 0.717) is 12.0 Å². The van der Waals surface area contributed by atoms with Crippen LogP contribution in [-0.2, 0) is 16.4 Å². The van der Waals surface area contributed by atoms with Crippen LogP contribution in [0.3, 0.4) is 0 Å². The number of ether oxygens (including phenoxy) is 1. The average Bonchev–Trinajstić information content (AvgIpc) is 3.09. The summed E-state index contributed by atoms with van der Waals surface area (Å²) in [4.78, 5) is 10.5. The van der Waals surface area contributed by atoms with Crippen molar-refractivity contribution in [1.82, 2.24) is 15.0 Å². The molecule has 27 heavy (non-hydrogen) atoms. The van der Waals surface area contributed by atoms with Crippen LogP contribution in [0.1, 0.15) is 12.0 Å². The second kappa shape index (κ2) is 7.50. The number of fused-ring (bicyclic) bond motifs is 1. The largest absolute Gasteiger partial charge is 0.481 e. The van der Waals surface area contributed by atoms with Crippen molar-refractivity contribution in [3.63, 3.8) is 0 Å². The normalized spacial score (nSPS) is 11.3. The first kappa shape index (κ1) is 19.1. The summed E-state index contributed by atoms with van der Waals surface area (Å²) < 4.78 is 47.1. The van der Waals surface area contributed by atoms with Crippen LogP contribution in [0.2, 0.25) is 0 Å². The summed E-state index contributed by atoms with van der Waals surface area (Å²) >= 11 is 3.06. The number of nitrogens with zero attached hydrogens (tertiary/aromatic N) is 3. The Morgan fingerprint density at radius 2 is 2.22 bits per heavy atom. The molecule has 0 radical (unpaired) electrons. The molecule has 0 aliphatic rings. The van der Waals surface area contributed by atoms with Gasteiger partial charge in [0.25, 0.3) is 10.0 Å². The quantitative estimate of drug-likeness (QED) is 0.591. The van der Waals surface area contributed by atoms with Gasteiger partial charge in [0.1, 0.15) is 4.90 Å². The molecule has 0 unspecified atom stereocenters. The van der Waals surface area contributed by atoms with Gasteiger partial charge in [-0.3, -0.25) is 0 Å². The maximum Gasteiger partial charge on any atom is 0.266 e. The van der Waals surface area contributed by atoms with E-state index in [-0.39, 0.29) is 38.5 Å². The summed E-state index contributed by atoms with van der Waals surface area (Å²) in [6.45, 7) is 0. The number of H-pyrrole nitrogens is 1. The molecule has 0 spiro atoms. The van der Waals surface area contributed by atoms with Gasteiger partial charge in [-0.1, -0.05) is 6.07 Å². The first-order chi connectivity index (χ1) is 12.9. The Morgan fingerprint density at radius 1 is 1.44 bits per heavy atom. The molecule has 140 valence electrons. The number of methoxy groups -OCH3 is 1. The summed E-state index contributed by atoms with van der Waals surface area (Å²) in [5, 5.41) is 8.87. The standard InChI is InChI=1S/C16H13BrFN5O3S/c1-26-15-9(3-2-6-19)7-21-16(22-15)23-27(24,25)12-8-20-14-10(12)4-5-11(17)13(14)18/h4-5,7-8,20H,2-3H2,1H3,(H,21,22,23). The lowest BCUT2D eigenvalue weighted by Gasteiger charge is -2.09. The zero-order valence-electron chi connectivity index (χ0n) is 14.0. The van der Waals surface area contributed by atoms with E-state index in [0.717, 1.165) is 0 Å². The molecule has 0 bridgehead atoms. The van der Waals surface area contributed by atoms with E-state index in [2.05, 4.69) is 35.6 Å². The molecule has 0 aliphatic carbocycles. The third-order valence-electron chi connectivity index (χ3n) is 3.75. The topological polar surface area (TPSA) is 121 Å². The summed E-state index contributed by atoms with van der Waals surface area (Å²) in [5.41, 5.74) is 0.649. The molecule has 0 saturated heterocycles. The number of hydrogen-bond acceptors (Lipinski definition) is 6. The van der Waals surface area contributed by atoms with Gasteiger partial charge >= 0.3 is 0 Å². The molecule has 0 fully saturated rings. The van der Waals surface area contributed by atoms with Crippen molar-refractivity contribution in [2.45, 2.75) is 17.7 Å². The molecule has 11 heteroatoms. The van der Waals surface area contributed by atoms with E-state index in [1.165, 1.54) is 31.6 Å². The number of halogens is 2. The SMILES string of the molecule is COc1nc(NS(=O)(=O)c2c[nH]c3c(F)c(Br)ccc23)ncc1CCC#N. The van der Waals surface area contributed by atoms with Gasteiger partial charge in [-0.15, -0.1) is 0 Å². The number of aryl methyl sites for hydroxylation is 1. The molecule has 2 N–H and O–H groups in total. The first-order valence-electron chi connectivity index (χ1n) is 7.62. The van der Waals surface area contributed by atoms with E-state index >= 15 is 0 Å². The van der Waals surface area contributed by atoms with Crippen LogP contribution in [-0.4, -0.2) is 30.5 Å². The Labute approximate surface area is 162 Å². The predicted molar refractivity (Wildman–Crippen MR) is 99.3 cm³/mol. The smallest absolute Gasteiger partial charge is 0.266 e. The number of sulfonamides is 1. The molecule has 2 aromatic heterocycles. The van der Waals surface area contributed by atoms with E-state index in [4.69, 9.17) is 10.00 Å². The second-order valence-corrected chi connectivity index (χ2v) is 7.93. The highest BCUT2D eigenvalue weighted by Crippen LogP contribution is 2.30. The average molecular weight is 454 g/mol. The fourth-order valence-corrected chi connectivity index (χ4v) is 3.94. The van der Waals surface area contributed by atoms with Crippen molar-refractivity contribution in [3.05, 3.63) is 40.4 Å². The zero-order chi connectivity index (χ0) is 19.6. The van der Waals surface area contributed by atoms with E-state index in [1.54, 1.807) is 0 Å². The lowest BCUT2D eigenvalue weighted by Crippen LogP contribution is -2.15. The van der Waals surface area contributed by atoms with Gasteiger partial charge in [-0.05, 0) is 28.4 Å². The van der Waals surface area contributed by atoms with Crippen LogP contribution < -0.4 is 9.46 Å². The summed E-state index contributed by atoms with van der Waals surface area (Å²) in [7, 11) is -2.69. The van der Waals surface area contributed by atoms with Gasteiger partial charge in [-0.25, -0.2) is 22.5 Å². The van der Waals surface area contributed by atoms with Gasteiger partial charge in [-0.2, -0.15) is 10.2 Å². The van der Waals surface area contributed by atoms with E-state index in [1.807, 2.05) is 6.07 Å². The molecule has 0 atom stereocenters. The number of benzene rings is 1. The molecule has 1 aromatic carbocycles. The molecule has 8 nitrogen and oxygen atoms in total. The highest BCUT2D eigenvalue weighted by molar-refractivity contribution is 9.10. The van der Waals surface area contributed by atoms with Gasteiger partial charge in [0.05, 0.1) is 23.2 Å². The number of nitrogens with one attached hydrogen (secondary N) is 2.